The van der Waals surface area contributed by atoms with Gasteiger partial charge in [0, 0.05) is 11.3 Å². The van der Waals surface area contributed by atoms with Crippen LogP contribution < -0.4 is 0 Å². The van der Waals surface area contributed by atoms with E-state index in [9.17, 15) is 16.8 Å². The van der Waals surface area contributed by atoms with E-state index in [4.69, 9.17) is 23.2 Å². The number of sulfone groups is 2. The Balaban J connectivity index is 2.65. The third-order valence-electron chi connectivity index (χ3n) is 2.73. The SMILES string of the molecule is CS(=O)(=O)c1cccc(S(=O)(=O)c2ccc(Cl)cc2Cl)c1. The van der Waals surface area contributed by atoms with Gasteiger partial charge in [-0.1, -0.05) is 29.3 Å². The predicted molar refractivity (Wildman–Crippen MR) is 81.5 cm³/mol. The minimum atomic E-state index is -3.92. The molecule has 0 atom stereocenters. The fourth-order valence-electron chi connectivity index (χ4n) is 1.69. The second kappa shape index (κ2) is 5.61. The number of hydrogen-bond acceptors (Lipinski definition) is 4. The summed E-state index contributed by atoms with van der Waals surface area (Å²) in [6, 6.07) is 9.12. The fraction of sp³-hybridized carbons (Fsp3) is 0.0769. The van der Waals surface area contributed by atoms with E-state index in [1.165, 1.54) is 36.4 Å². The summed E-state index contributed by atoms with van der Waals surface area (Å²) < 4.78 is 48.1. The van der Waals surface area contributed by atoms with Gasteiger partial charge in [0.2, 0.25) is 9.84 Å². The Bertz CT molecular complexity index is 904. The molecule has 0 fully saturated rings. The highest BCUT2D eigenvalue weighted by atomic mass is 35.5. The lowest BCUT2D eigenvalue weighted by molar-refractivity contribution is 0.595. The van der Waals surface area contributed by atoms with Crippen molar-refractivity contribution < 1.29 is 16.8 Å². The van der Waals surface area contributed by atoms with Crippen molar-refractivity contribution in [1.29, 1.82) is 0 Å². The van der Waals surface area contributed by atoms with Crippen molar-refractivity contribution in [1.82, 2.24) is 0 Å². The Morgan fingerprint density at radius 3 is 2.05 bits per heavy atom. The summed E-state index contributed by atoms with van der Waals surface area (Å²) in [5, 5.41) is 0.288. The van der Waals surface area contributed by atoms with E-state index in [-0.39, 0.29) is 19.7 Å². The molecule has 0 saturated carbocycles. The molecule has 2 aromatic carbocycles. The zero-order valence-corrected chi connectivity index (χ0v) is 13.9. The summed E-state index contributed by atoms with van der Waals surface area (Å²) >= 11 is 11.7. The average Bonchev–Trinajstić information content (AvgIpc) is 2.37. The highest BCUT2D eigenvalue weighted by molar-refractivity contribution is 7.92. The van der Waals surface area contributed by atoms with Crippen LogP contribution in [0.2, 0.25) is 10.0 Å². The van der Waals surface area contributed by atoms with Crippen molar-refractivity contribution in [3.8, 4) is 0 Å². The molecule has 0 amide bonds. The Morgan fingerprint density at radius 1 is 0.857 bits per heavy atom. The molecule has 0 heterocycles. The molecule has 0 unspecified atom stereocenters. The van der Waals surface area contributed by atoms with E-state index < -0.39 is 19.7 Å². The largest absolute Gasteiger partial charge is 0.224 e. The van der Waals surface area contributed by atoms with Crippen LogP contribution in [0.4, 0.5) is 0 Å². The molecule has 21 heavy (non-hydrogen) atoms. The third kappa shape index (κ3) is 3.40. The van der Waals surface area contributed by atoms with E-state index in [0.717, 1.165) is 12.3 Å². The fourth-order valence-corrected chi connectivity index (χ4v) is 4.50. The molecule has 0 radical (unpaired) electrons. The van der Waals surface area contributed by atoms with Gasteiger partial charge in [0.05, 0.1) is 19.7 Å². The zero-order chi connectivity index (χ0) is 15.8. The molecule has 2 rings (SSSR count). The summed E-state index contributed by atoms with van der Waals surface area (Å²) in [7, 11) is -7.43. The molecule has 0 saturated heterocycles. The Morgan fingerprint density at radius 2 is 1.48 bits per heavy atom. The van der Waals surface area contributed by atoms with E-state index in [0.29, 0.717) is 5.02 Å². The molecule has 2 aromatic rings. The van der Waals surface area contributed by atoms with Crippen LogP contribution in [0.25, 0.3) is 0 Å². The molecule has 8 heteroatoms. The molecule has 0 spiro atoms. The topological polar surface area (TPSA) is 68.3 Å². The number of halogens is 2. The van der Waals surface area contributed by atoms with Crippen LogP contribution in [0.3, 0.4) is 0 Å². The van der Waals surface area contributed by atoms with Gasteiger partial charge in [0.25, 0.3) is 0 Å². The standard InChI is InChI=1S/C13H10Cl2O4S2/c1-20(16,17)10-3-2-4-11(8-10)21(18,19)13-6-5-9(14)7-12(13)15/h2-8H,1H3. The van der Waals surface area contributed by atoms with Crippen LogP contribution in [0.5, 0.6) is 0 Å². The van der Waals surface area contributed by atoms with Crippen molar-refractivity contribution in [3.63, 3.8) is 0 Å². The lowest BCUT2D eigenvalue weighted by Gasteiger charge is -2.08. The molecular formula is C13H10Cl2O4S2. The smallest absolute Gasteiger partial charge is 0.208 e. The second-order valence-corrected chi connectivity index (χ2v) is 9.10. The van der Waals surface area contributed by atoms with Gasteiger partial charge in [0.1, 0.15) is 0 Å². The van der Waals surface area contributed by atoms with E-state index >= 15 is 0 Å². The molecule has 0 aromatic heterocycles. The highest BCUT2D eigenvalue weighted by Crippen LogP contribution is 2.30. The Labute approximate surface area is 133 Å². The van der Waals surface area contributed by atoms with Crippen LogP contribution in [-0.4, -0.2) is 23.1 Å². The molecular weight excluding hydrogens is 355 g/mol. The number of benzene rings is 2. The van der Waals surface area contributed by atoms with Crippen molar-refractivity contribution in [2.45, 2.75) is 14.7 Å². The van der Waals surface area contributed by atoms with Crippen LogP contribution in [0, 0.1) is 0 Å². The predicted octanol–water partition coefficient (Wildman–Crippen LogP) is 3.23. The highest BCUT2D eigenvalue weighted by Gasteiger charge is 2.22. The van der Waals surface area contributed by atoms with E-state index in [2.05, 4.69) is 0 Å². The van der Waals surface area contributed by atoms with Crippen molar-refractivity contribution in [3.05, 3.63) is 52.5 Å². The first-order valence-electron chi connectivity index (χ1n) is 5.62. The van der Waals surface area contributed by atoms with Gasteiger partial charge in [-0.3, -0.25) is 0 Å². The maximum atomic E-state index is 12.5. The summed E-state index contributed by atoms with van der Waals surface area (Å²) in [5.41, 5.74) is 0. The molecule has 0 aliphatic rings. The van der Waals surface area contributed by atoms with Crippen LogP contribution in [-0.2, 0) is 19.7 Å². The van der Waals surface area contributed by atoms with Crippen molar-refractivity contribution in [2.75, 3.05) is 6.26 Å². The molecule has 0 aliphatic carbocycles. The minimum Gasteiger partial charge on any atom is -0.224 e. The summed E-state index contributed by atoms with van der Waals surface area (Å²) in [4.78, 5) is -0.345. The third-order valence-corrected chi connectivity index (χ3v) is 6.31. The number of hydrogen-bond donors (Lipinski definition) is 0. The van der Waals surface area contributed by atoms with Gasteiger partial charge in [-0.25, -0.2) is 16.8 Å². The lowest BCUT2D eigenvalue weighted by Crippen LogP contribution is -2.05. The van der Waals surface area contributed by atoms with Crippen molar-refractivity contribution >= 4 is 42.9 Å². The molecule has 0 N–H and O–H groups in total. The first-order chi connectivity index (χ1) is 9.62. The summed E-state index contributed by atoms with van der Waals surface area (Å²) in [6.07, 6.45) is 1.01. The molecule has 112 valence electrons. The lowest BCUT2D eigenvalue weighted by atomic mass is 10.4. The molecule has 0 aliphatic heterocycles. The molecule has 0 bridgehead atoms. The van der Waals surface area contributed by atoms with E-state index in [1.807, 2.05) is 0 Å². The first kappa shape index (κ1) is 16.3. The Kier molecular flexibility index (Phi) is 4.35. The van der Waals surface area contributed by atoms with Gasteiger partial charge in [-0.2, -0.15) is 0 Å². The van der Waals surface area contributed by atoms with Crippen LogP contribution in [0.1, 0.15) is 0 Å². The van der Waals surface area contributed by atoms with E-state index in [1.54, 1.807) is 0 Å². The monoisotopic (exact) mass is 364 g/mol. The molecule has 4 nitrogen and oxygen atoms in total. The first-order valence-corrected chi connectivity index (χ1v) is 9.76. The van der Waals surface area contributed by atoms with Crippen molar-refractivity contribution in [2.24, 2.45) is 0 Å². The van der Waals surface area contributed by atoms with Crippen LogP contribution >= 0.6 is 23.2 Å². The normalized spacial score (nSPS) is 12.3. The minimum absolute atomic E-state index is 0.0211. The second-order valence-electron chi connectivity index (χ2n) is 4.33. The maximum Gasteiger partial charge on any atom is 0.208 e. The maximum absolute atomic E-state index is 12.5. The van der Waals surface area contributed by atoms with Gasteiger partial charge in [0.15, 0.2) is 9.84 Å². The van der Waals surface area contributed by atoms with Crippen LogP contribution in [0.15, 0.2) is 57.2 Å². The van der Waals surface area contributed by atoms with Gasteiger partial charge in [-0.05, 0) is 36.4 Å². The number of rotatable bonds is 3. The quantitative estimate of drug-likeness (QED) is 0.838. The summed E-state index contributed by atoms with van der Waals surface area (Å²) in [5.74, 6) is 0. The summed E-state index contributed by atoms with van der Waals surface area (Å²) in [6.45, 7) is 0. The van der Waals surface area contributed by atoms with Gasteiger partial charge < -0.3 is 0 Å². The average molecular weight is 365 g/mol. The van der Waals surface area contributed by atoms with Gasteiger partial charge >= 0.3 is 0 Å². The van der Waals surface area contributed by atoms with Gasteiger partial charge in [-0.15, -0.1) is 0 Å². The Hall–Kier alpha value is -1.08. The zero-order valence-electron chi connectivity index (χ0n) is 10.7.